The van der Waals surface area contributed by atoms with E-state index in [0.29, 0.717) is 19.1 Å². The topological polar surface area (TPSA) is 54.4 Å². The molecule has 0 aromatic heterocycles. The Kier molecular flexibility index (Phi) is 23.0. The molecule has 0 aromatic rings. The summed E-state index contributed by atoms with van der Waals surface area (Å²) in [7, 11) is 0. The number of aliphatic hydroxyl groups is 1. The van der Waals surface area contributed by atoms with Crippen LogP contribution in [0.4, 0.5) is 0 Å². The number of hydrogen-bond donors (Lipinski definition) is 1. The van der Waals surface area contributed by atoms with Crippen molar-refractivity contribution in [3.63, 3.8) is 0 Å². The molecule has 0 bridgehead atoms. The van der Waals surface area contributed by atoms with Gasteiger partial charge in [0.05, 0.1) is 12.0 Å². The monoisotopic (exact) mass is 436 g/mol. The Morgan fingerprint density at radius 3 is 1.65 bits per heavy atom. The Balaban J connectivity index is 3.72. The molecule has 1 N–H and O–H groups in total. The molecule has 3 heteroatoms. The Bertz CT molecular complexity index is 430. The van der Waals surface area contributed by atoms with E-state index < -0.39 is 12.0 Å². The maximum atomic E-state index is 12.3. The third kappa shape index (κ3) is 19.5. The molecule has 0 saturated heterocycles. The summed E-state index contributed by atoms with van der Waals surface area (Å²) in [6.45, 7) is 4.47. The molecule has 0 aliphatic carbocycles. The maximum absolute atomic E-state index is 12.3. The number of aldehydes is 1. The number of aliphatic hydroxyl groups excluding tert-OH is 1. The average Bonchev–Trinajstić information content (AvgIpc) is 2.76. The second-order valence-electron chi connectivity index (χ2n) is 9.23. The van der Waals surface area contributed by atoms with Crippen LogP contribution in [0, 0.1) is 5.92 Å². The summed E-state index contributed by atoms with van der Waals surface area (Å²) in [5, 5.41) is 10.3. The van der Waals surface area contributed by atoms with Crippen LogP contribution in [0.3, 0.4) is 0 Å². The average molecular weight is 437 g/mol. The molecule has 0 aromatic carbocycles. The lowest BCUT2D eigenvalue weighted by Crippen LogP contribution is -2.29. The fraction of sp³-hybridized carbons (Fsp3) is 0.857. The number of carbonyl (C=O) groups is 2. The molecule has 0 fully saturated rings. The smallest absolute Gasteiger partial charge is 0.145 e. The number of allylic oxidation sites excluding steroid dienone is 2. The number of rotatable bonds is 24. The molecule has 0 aliphatic heterocycles. The van der Waals surface area contributed by atoms with Crippen molar-refractivity contribution in [1.29, 1.82) is 0 Å². The molecule has 0 saturated carbocycles. The van der Waals surface area contributed by atoms with Crippen molar-refractivity contribution in [1.82, 2.24) is 0 Å². The highest BCUT2D eigenvalue weighted by Gasteiger charge is 2.25. The SMILES string of the molecule is CCCCCCC=CCCCCCC(=O)C(C=O)C(O)CCCCCCCCCCC. The first-order valence-corrected chi connectivity index (χ1v) is 13.5. The predicted molar refractivity (Wildman–Crippen MR) is 133 cm³/mol. The fourth-order valence-corrected chi connectivity index (χ4v) is 4.05. The van der Waals surface area contributed by atoms with Crippen molar-refractivity contribution in [2.24, 2.45) is 5.92 Å². The molecule has 0 aliphatic rings. The Labute approximate surface area is 193 Å². The van der Waals surface area contributed by atoms with Gasteiger partial charge in [-0.25, -0.2) is 0 Å². The van der Waals surface area contributed by atoms with E-state index in [0.717, 1.165) is 38.5 Å². The fourth-order valence-electron chi connectivity index (χ4n) is 4.05. The van der Waals surface area contributed by atoms with E-state index in [1.54, 1.807) is 0 Å². The third-order valence-electron chi connectivity index (χ3n) is 6.22. The number of unbranched alkanes of at least 4 members (excludes halogenated alkanes) is 15. The third-order valence-corrected chi connectivity index (χ3v) is 6.22. The summed E-state index contributed by atoms with van der Waals surface area (Å²) < 4.78 is 0. The zero-order valence-corrected chi connectivity index (χ0v) is 20.8. The zero-order valence-electron chi connectivity index (χ0n) is 20.8. The van der Waals surface area contributed by atoms with Crippen LogP contribution in [0.2, 0.25) is 0 Å². The Morgan fingerprint density at radius 1 is 0.677 bits per heavy atom. The number of hydrogen-bond acceptors (Lipinski definition) is 3. The predicted octanol–water partition coefficient (Wildman–Crippen LogP) is 8.13. The van der Waals surface area contributed by atoms with Gasteiger partial charge >= 0.3 is 0 Å². The minimum absolute atomic E-state index is 0.0788. The van der Waals surface area contributed by atoms with Gasteiger partial charge in [-0.1, -0.05) is 109 Å². The van der Waals surface area contributed by atoms with Gasteiger partial charge in [-0.05, 0) is 38.5 Å². The molecular formula is C28H52O3. The first kappa shape index (κ1) is 30.0. The number of ketones is 1. The zero-order chi connectivity index (χ0) is 23.0. The first-order chi connectivity index (χ1) is 15.2. The van der Waals surface area contributed by atoms with Gasteiger partial charge in [-0.2, -0.15) is 0 Å². The minimum atomic E-state index is -0.822. The standard InChI is InChI=1S/C28H52O3/c1-3-5-7-9-11-13-14-16-18-20-22-24-28(31)26(25-29)27(30)23-21-19-17-15-12-10-8-6-4-2/h13-14,25-27,30H,3-12,15-24H2,1-2H3. The lowest BCUT2D eigenvalue weighted by Gasteiger charge is -2.16. The summed E-state index contributed by atoms with van der Waals surface area (Å²) in [6.07, 6.45) is 26.8. The molecule has 3 nitrogen and oxygen atoms in total. The van der Waals surface area contributed by atoms with E-state index in [9.17, 15) is 14.7 Å². The molecule has 2 atom stereocenters. The van der Waals surface area contributed by atoms with E-state index in [4.69, 9.17) is 0 Å². The van der Waals surface area contributed by atoms with Crippen molar-refractivity contribution in [2.75, 3.05) is 0 Å². The maximum Gasteiger partial charge on any atom is 0.145 e. The van der Waals surface area contributed by atoms with Gasteiger partial charge in [0.15, 0.2) is 0 Å². The molecule has 0 amide bonds. The quantitative estimate of drug-likeness (QED) is 0.0719. The van der Waals surface area contributed by atoms with E-state index >= 15 is 0 Å². The lowest BCUT2D eigenvalue weighted by atomic mass is 9.91. The van der Waals surface area contributed by atoms with Crippen LogP contribution in [0.5, 0.6) is 0 Å². The van der Waals surface area contributed by atoms with Gasteiger partial charge in [0.1, 0.15) is 12.1 Å². The van der Waals surface area contributed by atoms with Crippen LogP contribution in [-0.4, -0.2) is 23.3 Å². The van der Waals surface area contributed by atoms with Gasteiger partial charge in [0.2, 0.25) is 0 Å². The minimum Gasteiger partial charge on any atom is -0.392 e. The molecule has 0 heterocycles. The van der Waals surface area contributed by atoms with Crippen LogP contribution >= 0.6 is 0 Å². The van der Waals surface area contributed by atoms with E-state index in [2.05, 4.69) is 26.0 Å². The number of carbonyl (C=O) groups excluding carboxylic acids is 2. The van der Waals surface area contributed by atoms with Gasteiger partial charge in [-0.15, -0.1) is 0 Å². The Hall–Kier alpha value is -0.960. The van der Waals surface area contributed by atoms with Gasteiger partial charge < -0.3 is 9.90 Å². The second kappa shape index (κ2) is 23.7. The van der Waals surface area contributed by atoms with Gasteiger partial charge in [0.25, 0.3) is 0 Å². The van der Waals surface area contributed by atoms with Gasteiger partial charge in [0, 0.05) is 6.42 Å². The molecule has 0 rings (SSSR count). The van der Waals surface area contributed by atoms with Crippen molar-refractivity contribution in [2.45, 2.75) is 148 Å². The Morgan fingerprint density at radius 2 is 1.13 bits per heavy atom. The van der Waals surface area contributed by atoms with Crippen LogP contribution in [0.25, 0.3) is 0 Å². The van der Waals surface area contributed by atoms with Crippen molar-refractivity contribution < 1.29 is 14.7 Å². The molecular weight excluding hydrogens is 384 g/mol. The summed E-state index contributed by atoms with van der Waals surface area (Å²) >= 11 is 0. The lowest BCUT2D eigenvalue weighted by molar-refractivity contribution is -0.131. The molecule has 0 radical (unpaired) electrons. The molecule has 0 spiro atoms. The highest BCUT2D eigenvalue weighted by Crippen LogP contribution is 2.17. The second-order valence-corrected chi connectivity index (χ2v) is 9.23. The van der Waals surface area contributed by atoms with Crippen LogP contribution in [-0.2, 0) is 9.59 Å². The van der Waals surface area contributed by atoms with Gasteiger partial charge in [-0.3, -0.25) is 4.79 Å². The van der Waals surface area contributed by atoms with E-state index in [-0.39, 0.29) is 5.78 Å². The van der Waals surface area contributed by atoms with E-state index in [1.165, 1.54) is 77.0 Å². The number of Topliss-reactive ketones (excluding diaryl/α,β-unsaturated/α-hetero) is 1. The van der Waals surface area contributed by atoms with Crippen molar-refractivity contribution in [3.05, 3.63) is 12.2 Å². The summed E-state index contributed by atoms with van der Waals surface area (Å²) in [5.41, 5.74) is 0. The first-order valence-electron chi connectivity index (χ1n) is 13.5. The highest BCUT2D eigenvalue weighted by atomic mass is 16.3. The largest absolute Gasteiger partial charge is 0.392 e. The normalized spacial score (nSPS) is 13.5. The van der Waals surface area contributed by atoms with Crippen molar-refractivity contribution >= 4 is 12.1 Å². The van der Waals surface area contributed by atoms with E-state index in [1.807, 2.05) is 0 Å². The summed E-state index contributed by atoms with van der Waals surface area (Å²) in [6, 6.07) is 0. The highest BCUT2D eigenvalue weighted by molar-refractivity contribution is 5.93. The molecule has 182 valence electrons. The van der Waals surface area contributed by atoms with Crippen LogP contribution < -0.4 is 0 Å². The summed E-state index contributed by atoms with van der Waals surface area (Å²) in [4.78, 5) is 23.7. The van der Waals surface area contributed by atoms with Crippen LogP contribution in [0.1, 0.15) is 142 Å². The van der Waals surface area contributed by atoms with Crippen LogP contribution in [0.15, 0.2) is 12.2 Å². The van der Waals surface area contributed by atoms with Crippen molar-refractivity contribution in [3.8, 4) is 0 Å². The molecule has 2 unspecified atom stereocenters. The summed E-state index contributed by atoms with van der Waals surface area (Å²) in [5.74, 6) is -0.901. The molecule has 31 heavy (non-hydrogen) atoms.